The molecule has 142 valence electrons. The fraction of sp³-hybridized carbons (Fsp3) is 0.250. The molecule has 3 aromatic rings. The Bertz CT molecular complexity index is 1070. The van der Waals surface area contributed by atoms with Gasteiger partial charge in [0.05, 0.1) is 6.61 Å². The molecule has 3 aromatic carbocycles. The van der Waals surface area contributed by atoms with Gasteiger partial charge in [0.2, 0.25) is 5.91 Å². The highest BCUT2D eigenvalue weighted by Gasteiger charge is 2.24. The van der Waals surface area contributed by atoms with E-state index in [0.29, 0.717) is 11.6 Å². The third-order valence-corrected chi connectivity index (χ3v) is 5.28. The molecule has 1 amide bonds. The van der Waals surface area contributed by atoms with E-state index in [1.165, 1.54) is 33.0 Å². The maximum atomic E-state index is 12.1. The first-order chi connectivity index (χ1) is 13.6. The van der Waals surface area contributed by atoms with Crippen LogP contribution in [0.15, 0.2) is 54.6 Å². The Kier molecular flexibility index (Phi) is 4.86. The van der Waals surface area contributed by atoms with Crippen LogP contribution in [-0.4, -0.2) is 18.5 Å². The molecule has 0 saturated heterocycles. The molecule has 4 rings (SSSR count). The molecule has 0 heterocycles. The van der Waals surface area contributed by atoms with Crippen molar-refractivity contribution in [2.24, 2.45) is 0 Å². The maximum Gasteiger partial charge on any atom is 0.315 e. The molecule has 1 atom stereocenters. The summed E-state index contributed by atoms with van der Waals surface area (Å²) in [6, 6.07) is 18.9. The van der Waals surface area contributed by atoms with Crippen molar-refractivity contribution < 1.29 is 14.3 Å². The standard InChI is InChI=1S/C24H23NO3/c1-3-28-23(27)14-22(26)25-18-9-11-19-17(13-18)12-15(2)24-20-7-5-4-6-16(20)8-10-21(19)24/h4-11,13,15H,3,12,14H2,1-2H3,(H,25,26). The lowest BCUT2D eigenvalue weighted by Gasteiger charge is -2.27. The predicted molar refractivity (Wildman–Crippen MR) is 111 cm³/mol. The number of carbonyl (C=O) groups excluding carboxylic acids is 2. The fourth-order valence-electron chi connectivity index (χ4n) is 4.14. The van der Waals surface area contributed by atoms with Crippen molar-refractivity contribution in [2.45, 2.75) is 32.6 Å². The van der Waals surface area contributed by atoms with Crippen LogP contribution < -0.4 is 5.32 Å². The summed E-state index contributed by atoms with van der Waals surface area (Å²) in [6.07, 6.45) is 0.647. The first-order valence-electron chi connectivity index (χ1n) is 9.67. The van der Waals surface area contributed by atoms with Crippen LogP contribution in [0.25, 0.3) is 21.9 Å². The van der Waals surface area contributed by atoms with Crippen LogP contribution in [0.4, 0.5) is 5.69 Å². The molecule has 4 nitrogen and oxygen atoms in total. The SMILES string of the molecule is CCOC(=O)CC(=O)Nc1ccc2c(c1)CC(C)c1c-2ccc2ccccc12. The third kappa shape index (κ3) is 3.38. The molecule has 0 saturated carbocycles. The molecule has 0 aliphatic heterocycles. The molecular weight excluding hydrogens is 350 g/mol. The van der Waals surface area contributed by atoms with E-state index in [9.17, 15) is 9.59 Å². The Morgan fingerprint density at radius 3 is 2.68 bits per heavy atom. The molecular formula is C24H23NO3. The van der Waals surface area contributed by atoms with Gasteiger partial charge < -0.3 is 10.1 Å². The zero-order valence-corrected chi connectivity index (χ0v) is 16.1. The van der Waals surface area contributed by atoms with Gasteiger partial charge in [0, 0.05) is 5.69 Å². The largest absolute Gasteiger partial charge is 0.466 e. The molecule has 1 N–H and O–H groups in total. The van der Waals surface area contributed by atoms with Gasteiger partial charge >= 0.3 is 5.97 Å². The number of anilines is 1. The van der Waals surface area contributed by atoms with E-state index in [0.717, 1.165) is 6.42 Å². The van der Waals surface area contributed by atoms with Gasteiger partial charge in [-0.1, -0.05) is 49.4 Å². The van der Waals surface area contributed by atoms with Crippen LogP contribution in [0.2, 0.25) is 0 Å². The number of benzene rings is 3. The molecule has 1 aliphatic rings. The molecule has 0 fully saturated rings. The lowest BCUT2D eigenvalue weighted by Crippen LogP contribution is -2.18. The van der Waals surface area contributed by atoms with E-state index >= 15 is 0 Å². The fourth-order valence-corrected chi connectivity index (χ4v) is 4.14. The van der Waals surface area contributed by atoms with Crippen molar-refractivity contribution in [3.05, 3.63) is 65.7 Å². The molecule has 28 heavy (non-hydrogen) atoms. The van der Waals surface area contributed by atoms with Gasteiger partial charge in [-0.3, -0.25) is 9.59 Å². The normalized spacial score (nSPS) is 14.9. The van der Waals surface area contributed by atoms with E-state index in [-0.39, 0.29) is 18.9 Å². The predicted octanol–water partition coefficient (Wildman–Crippen LogP) is 5.06. The maximum absolute atomic E-state index is 12.1. The van der Waals surface area contributed by atoms with E-state index < -0.39 is 5.97 Å². The van der Waals surface area contributed by atoms with E-state index in [4.69, 9.17) is 4.74 Å². The summed E-state index contributed by atoms with van der Waals surface area (Å²) in [5.74, 6) is -0.472. The number of rotatable bonds is 4. The second-order valence-corrected chi connectivity index (χ2v) is 7.26. The highest BCUT2D eigenvalue weighted by molar-refractivity contribution is 6.02. The molecule has 1 aliphatic carbocycles. The lowest BCUT2D eigenvalue weighted by atomic mass is 9.77. The summed E-state index contributed by atoms with van der Waals surface area (Å²) in [5.41, 5.74) is 5.79. The number of nitrogens with one attached hydrogen (secondary N) is 1. The Hall–Kier alpha value is -3.14. The topological polar surface area (TPSA) is 55.4 Å². The summed E-state index contributed by atoms with van der Waals surface area (Å²) < 4.78 is 4.83. The third-order valence-electron chi connectivity index (χ3n) is 5.28. The number of fused-ring (bicyclic) bond motifs is 5. The minimum atomic E-state index is -0.507. The number of esters is 1. The summed E-state index contributed by atoms with van der Waals surface area (Å²) >= 11 is 0. The quantitative estimate of drug-likeness (QED) is 0.514. The average molecular weight is 373 g/mol. The Labute approximate surface area is 164 Å². The second kappa shape index (κ2) is 7.47. The van der Waals surface area contributed by atoms with Crippen molar-refractivity contribution in [3.8, 4) is 11.1 Å². The van der Waals surface area contributed by atoms with Crippen LogP contribution in [0, 0.1) is 0 Å². The summed E-state index contributed by atoms with van der Waals surface area (Å²) in [6.45, 7) is 4.25. The van der Waals surface area contributed by atoms with E-state index in [2.05, 4.69) is 54.7 Å². The zero-order valence-electron chi connectivity index (χ0n) is 16.1. The highest BCUT2D eigenvalue weighted by Crippen LogP contribution is 2.43. The number of hydrogen-bond acceptors (Lipinski definition) is 3. The first kappa shape index (κ1) is 18.2. The number of carbonyl (C=O) groups is 2. The lowest BCUT2D eigenvalue weighted by molar-refractivity contribution is -0.145. The van der Waals surface area contributed by atoms with Crippen molar-refractivity contribution in [2.75, 3.05) is 11.9 Å². The number of ether oxygens (including phenoxy) is 1. The van der Waals surface area contributed by atoms with E-state index in [1.54, 1.807) is 6.92 Å². The number of hydrogen-bond donors (Lipinski definition) is 1. The molecule has 0 bridgehead atoms. The van der Waals surface area contributed by atoms with E-state index in [1.807, 2.05) is 12.1 Å². The molecule has 4 heteroatoms. The molecule has 0 aromatic heterocycles. The highest BCUT2D eigenvalue weighted by atomic mass is 16.5. The molecule has 1 unspecified atom stereocenters. The Balaban J connectivity index is 1.65. The minimum Gasteiger partial charge on any atom is -0.466 e. The molecule has 0 radical (unpaired) electrons. The first-order valence-corrected chi connectivity index (χ1v) is 9.67. The van der Waals surface area contributed by atoms with Crippen LogP contribution in [0.1, 0.15) is 37.3 Å². The van der Waals surface area contributed by atoms with Crippen molar-refractivity contribution in [1.82, 2.24) is 0 Å². The Morgan fingerprint density at radius 2 is 1.86 bits per heavy atom. The van der Waals surface area contributed by atoms with Crippen LogP contribution in [-0.2, 0) is 20.7 Å². The van der Waals surface area contributed by atoms with Crippen molar-refractivity contribution in [3.63, 3.8) is 0 Å². The van der Waals surface area contributed by atoms with Crippen molar-refractivity contribution in [1.29, 1.82) is 0 Å². The summed E-state index contributed by atoms with van der Waals surface area (Å²) in [7, 11) is 0. The van der Waals surface area contributed by atoms with Crippen LogP contribution in [0.5, 0.6) is 0 Å². The van der Waals surface area contributed by atoms with Crippen LogP contribution >= 0.6 is 0 Å². The van der Waals surface area contributed by atoms with Gasteiger partial charge in [-0.05, 0) is 64.4 Å². The van der Waals surface area contributed by atoms with Gasteiger partial charge in [0.1, 0.15) is 6.42 Å². The van der Waals surface area contributed by atoms with Gasteiger partial charge in [0.25, 0.3) is 0 Å². The minimum absolute atomic E-state index is 0.268. The number of amides is 1. The molecule has 0 spiro atoms. The Morgan fingerprint density at radius 1 is 1.07 bits per heavy atom. The summed E-state index contributed by atoms with van der Waals surface area (Å²) in [5, 5.41) is 5.38. The van der Waals surface area contributed by atoms with Gasteiger partial charge in [-0.25, -0.2) is 0 Å². The second-order valence-electron chi connectivity index (χ2n) is 7.26. The van der Waals surface area contributed by atoms with Crippen LogP contribution in [0.3, 0.4) is 0 Å². The zero-order chi connectivity index (χ0) is 19.7. The monoisotopic (exact) mass is 373 g/mol. The van der Waals surface area contributed by atoms with Crippen molar-refractivity contribution >= 4 is 28.3 Å². The average Bonchev–Trinajstić information content (AvgIpc) is 2.67. The van der Waals surface area contributed by atoms with Gasteiger partial charge in [-0.15, -0.1) is 0 Å². The summed E-state index contributed by atoms with van der Waals surface area (Å²) in [4.78, 5) is 23.5. The van der Waals surface area contributed by atoms with Gasteiger partial charge in [0.15, 0.2) is 0 Å². The smallest absolute Gasteiger partial charge is 0.315 e. The van der Waals surface area contributed by atoms with Gasteiger partial charge in [-0.2, -0.15) is 0 Å².